The minimum Gasteiger partial charge on any atom is -0.497 e. The minimum absolute atomic E-state index is 0.00497. The molecule has 1 saturated heterocycles. The van der Waals surface area contributed by atoms with Crippen LogP contribution in [0.1, 0.15) is 47.1 Å². The number of carbonyl (C=O) groups excluding carboxylic acids is 1. The molecule has 0 unspecified atom stereocenters. The maximum atomic E-state index is 13.0. The number of rotatable bonds is 3. The number of aromatic amines is 1. The number of nitrogens with one attached hydrogen (secondary N) is 1. The molecule has 3 rings (SSSR count). The Balaban J connectivity index is 1.94. The quantitative estimate of drug-likeness (QED) is 0.943. The molecule has 126 valence electrons. The van der Waals surface area contributed by atoms with Crippen LogP contribution in [-0.4, -0.2) is 29.4 Å². The fraction of sp³-hybridized carbons (Fsp3) is 0.368. The first kappa shape index (κ1) is 16.3. The summed E-state index contributed by atoms with van der Waals surface area (Å²) >= 11 is 0. The van der Waals surface area contributed by atoms with Crippen molar-refractivity contribution in [3.63, 3.8) is 0 Å². The fourth-order valence-corrected chi connectivity index (χ4v) is 3.32. The summed E-state index contributed by atoms with van der Waals surface area (Å²) in [5.41, 5.74) is 1.97. The van der Waals surface area contributed by atoms with Gasteiger partial charge in [-0.2, -0.15) is 0 Å². The molecule has 5 nitrogen and oxygen atoms in total. The average molecular weight is 326 g/mol. The second kappa shape index (κ2) is 6.91. The van der Waals surface area contributed by atoms with Crippen molar-refractivity contribution in [2.24, 2.45) is 0 Å². The molecule has 1 N–H and O–H groups in total. The Morgan fingerprint density at radius 1 is 1.25 bits per heavy atom. The third kappa shape index (κ3) is 3.35. The molecular weight excluding hydrogens is 304 g/mol. The van der Waals surface area contributed by atoms with Gasteiger partial charge >= 0.3 is 0 Å². The molecular formula is C19H22N2O3. The molecule has 1 aromatic carbocycles. The lowest BCUT2D eigenvalue weighted by molar-refractivity contribution is 0.0604. The summed E-state index contributed by atoms with van der Waals surface area (Å²) < 4.78 is 5.31. The zero-order valence-corrected chi connectivity index (χ0v) is 14.0. The van der Waals surface area contributed by atoms with E-state index in [4.69, 9.17) is 4.74 Å². The summed E-state index contributed by atoms with van der Waals surface area (Å²) in [7, 11) is 1.64. The van der Waals surface area contributed by atoms with Crippen LogP contribution in [0.2, 0.25) is 0 Å². The largest absolute Gasteiger partial charge is 0.497 e. The molecule has 1 fully saturated rings. The van der Waals surface area contributed by atoms with Crippen molar-refractivity contribution >= 4 is 5.91 Å². The summed E-state index contributed by atoms with van der Waals surface area (Å²) in [6, 6.07) is 10.7. The first-order chi connectivity index (χ1) is 11.6. The second-order valence-corrected chi connectivity index (χ2v) is 6.20. The molecule has 1 aliphatic rings. The molecule has 24 heavy (non-hydrogen) atoms. The number of H-pyrrole nitrogens is 1. The van der Waals surface area contributed by atoms with E-state index in [0.717, 1.165) is 30.6 Å². The van der Waals surface area contributed by atoms with Crippen molar-refractivity contribution in [3.8, 4) is 5.75 Å². The van der Waals surface area contributed by atoms with Crippen molar-refractivity contribution in [1.29, 1.82) is 0 Å². The third-order valence-electron chi connectivity index (χ3n) is 4.45. The van der Waals surface area contributed by atoms with Crippen molar-refractivity contribution < 1.29 is 9.53 Å². The van der Waals surface area contributed by atoms with Crippen LogP contribution in [0.15, 0.2) is 41.2 Å². The van der Waals surface area contributed by atoms with Crippen molar-refractivity contribution in [2.75, 3.05) is 13.7 Å². The molecule has 2 heterocycles. The second-order valence-electron chi connectivity index (χ2n) is 6.20. The number of hydrogen-bond acceptors (Lipinski definition) is 3. The lowest BCUT2D eigenvalue weighted by atomic mass is 9.94. The van der Waals surface area contributed by atoms with Crippen molar-refractivity contribution in [3.05, 3.63) is 63.6 Å². The normalized spacial score (nSPS) is 17.6. The van der Waals surface area contributed by atoms with Crippen LogP contribution in [0.4, 0.5) is 0 Å². The predicted molar refractivity (Wildman–Crippen MR) is 92.4 cm³/mol. The van der Waals surface area contributed by atoms with Crippen molar-refractivity contribution in [2.45, 2.75) is 32.2 Å². The van der Waals surface area contributed by atoms with Gasteiger partial charge in [-0.1, -0.05) is 12.1 Å². The van der Waals surface area contributed by atoms with Gasteiger partial charge in [0, 0.05) is 24.4 Å². The molecule has 1 aromatic heterocycles. The maximum absolute atomic E-state index is 13.0. The van der Waals surface area contributed by atoms with E-state index in [-0.39, 0.29) is 17.4 Å². The highest BCUT2D eigenvalue weighted by Gasteiger charge is 2.29. The molecule has 0 bridgehead atoms. The van der Waals surface area contributed by atoms with Gasteiger partial charge in [-0.3, -0.25) is 9.59 Å². The number of hydrogen-bond donors (Lipinski definition) is 1. The van der Waals surface area contributed by atoms with Crippen LogP contribution >= 0.6 is 0 Å². The van der Waals surface area contributed by atoms with Crippen LogP contribution in [0.3, 0.4) is 0 Å². The fourth-order valence-electron chi connectivity index (χ4n) is 3.32. The van der Waals surface area contributed by atoms with Gasteiger partial charge in [0.05, 0.1) is 13.2 Å². The van der Waals surface area contributed by atoms with Gasteiger partial charge in [-0.25, -0.2) is 0 Å². The SMILES string of the molecule is COc1cccc([C@@H]2CCCCN2C(=O)c2cc(=O)cc(C)[nH]2)c1. The van der Waals surface area contributed by atoms with Gasteiger partial charge in [0.2, 0.25) is 0 Å². The maximum Gasteiger partial charge on any atom is 0.270 e. The van der Waals surface area contributed by atoms with Crippen LogP contribution < -0.4 is 10.2 Å². The number of aryl methyl sites for hydroxylation is 1. The summed E-state index contributed by atoms with van der Waals surface area (Å²) in [4.78, 5) is 29.6. The Hall–Kier alpha value is -2.56. The highest BCUT2D eigenvalue weighted by Crippen LogP contribution is 2.33. The Morgan fingerprint density at radius 2 is 2.08 bits per heavy atom. The number of methoxy groups -OCH3 is 1. The average Bonchev–Trinajstić information content (AvgIpc) is 2.60. The van der Waals surface area contributed by atoms with Crippen LogP contribution in [0.25, 0.3) is 0 Å². The van der Waals surface area contributed by atoms with Gasteiger partial charge < -0.3 is 14.6 Å². The van der Waals surface area contributed by atoms with Gasteiger partial charge in [0.25, 0.3) is 5.91 Å². The number of piperidine rings is 1. The zero-order valence-electron chi connectivity index (χ0n) is 14.0. The number of likely N-dealkylation sites (tertiary alicyclic amines) is 1. The number of benzene rings is 1. The van der Waals surface area contributed by atoms with E-state index in [2.05, 4.69) is 4.98 Å². The molecule has 1 aliphatic heterocycles. The number of nitrogens with zero attached hydrogens (tertiary/aromatic N) is 1. The van der Waals surface area contributed by atoms with Gasteiger partial charge in [0.1, 0.15) is 11.4 Å². The number of carbonyl (C=O) groups is 1. The van der Waals surface area contributed by atoms with Crippen LogP contribution in [-0.2, 0) is 0 Å². The van der Waals surface area contributed by atoms with E-state index in [0.29, 0.717) is 17.9 Å². The molecule has 1 amide bonds. The highest BCUT2D eigenvalue weighted by atomic mass is 16.5. The molecule has 2 aromatic rings. The molecule has 0 aliphatic carbocycles. The number of pyridine rings is 1. The summed E-state index contributed by atoms with van der Waals surface area (Å²) in [6.07, 6.45) is 2.97. The molecule has 0 saturated carbocycles. The smallest absolute Gasteiger partial charge is 0.270 e. The Bertz CT molecular complexity index is 797. The highest BCUT2D eigenvalue weighted by molar-refractivity contribution is 5.92. The Morgan fingerprint density at radius 3 is 2.83 bits per heavy atom. The van der Waals surface area contributed by atoms with E-state index >= 15 is 0 Å². The first-order valence-corrected chi connectivity index (χ1v) is 8.24. The van der Waals surface area contributed by atoms with Crippen LogP contribution in [0.5, 0.6) is 5.75 Å². The lowest BCUT2D eigenvalue weighted by Crippen LogP contribution is -2.39. The van der Waals surface area contributed by atoms with Gasteiger partial charge in [0.15, 0.2) is 5.43 Å². The molecule has 5 heteroatoms. The van der Waals surface area contributed by atoms with Gasteiger partial charge in [-0.05, 0) is 43.9 Å². The number of aromatic nitrogens is 1. The topological polar surface area (TPSA) is 62.4 Å². The number of ether oxygens (including phenoxy) is 1. The number of amides is 1. The predicted octanol–water partition coefficient (Wildman–Crippen LogP) is 3.06. The van der Waals surface area contributed by atoms with Crippen molar-refractivity contribution in [1.82, 2.24) is 9.88 Å². The summed E-state index contributed by atoms with van der Waals surface area (Å²) in [5, 5.41) is 0. The minimum atomic E-state index is -0.149. The Kier molecular flexibility index (Phi) is 4.69. The monoisotopic (exact) mass is 326 g/mol. The van der Waals surface area contributed by atoms with E-state index < -0.39 is 0 Å². The standard InChI is InChI=1S/C19H22N2O3/c1-13-10-15(22)12-17(20-13)19(23)21-9-4-3-8-18(21)14-6-5-7-16(11-14)24-2/h5-7,10-12,18H,3-4,8-9H2,1-2H3,(H,20,22)/t18-/m0/s1. The lowest BCUT2D eigenvalue weighted by Gasteiger charge is -2.36. The third-order valence-corrected chi connectivity index (χ3v) is 4.45. The van der Waals surface area contributed by atoms with E-state index in [1.807, 2.05) is 29.2 Å². The molecule has 0 spiro atoms. The molecule has 1 atom stereocenters. The van der Waals surface area contributed by atoms with Gasteiger partial charge in [-0.15, -0.1) is 0 Å². The van der Waals surface area contributed by atoms with Crippen LogP contribution in [0, 0.1) is 6.92 Å². The summed E-state index contributed by atoms with van der Waals surface area (Å²) in [6.45, 7) is 2.48. The zero-order chi connectivity index (χ0) is 17.1. The van der Waals surface area contributed by atoms with E-state index in [9.17, 15) is 9.59 Å². The summed E-state index contributed by atoms with van der Waals surface area (Å²) in [5.74, 6) is 0.665. The Labute approximate surface area is 141 Å². The first-order valence-electron chi connectivity index (χ1n) is 8.24. The molecule has 0 radical (unpaired) electrons. The van der Waals surface area contributed by atoms with E-state index in [1.165, 1.54) is 12.1 Å². The van der Waals surface area contributed by atoms with E-state index in [1.54, 1.807) is 14.0 Å².